The molecule has 1 unspecified atom stereocenters. The first-order chi connectivity index (χ1) is 16.6. The molecule has 0 bridgehead atoms. The first kappa shape index (κ1) is 23.2. The number of benzene rings is 3. The lowest BCUT2D eigenvalue weighted by Gasteiger charge is -2.20. The summed E-state index contributed by atoms with van der Waals surface area (Å²) < 4.78 is 4.89. The van der Waals surface area contributed by atoms with E-state index in [1.807, 2.05) is 48.5 Å². The molecule has 0 amide bonds. The van der Waals surface area contributed by atoms with Crippen LogP contribution in [0.2, 0.25) is 0 Å². The number of para-hydroxylation sites is 1. The molecule has 3 aromatic carbocycles. The molecule has 2 N–H and O–H groups in total. The number of ether oxygens (including phenoxy) is 1. The number of H-pyrrole nitrogens is 1. The third-order valence-electron chi connectivity index (χ3n) is 6.04. The smallest absolute Gasteiger partial charge is 0.340 e. The van der Waals surface area contributed by atoms with E-state index in [9.17, 15) is 15.2 Å². The summed E-state index contributed by atoms with van der Waals surface area (Å²) in [7, 11) is 1.35. The average Bonchev–Trinajstić information content (AvgIpc) is 3.29. The number of aromatic nitrogens is 2. The van der Waals surface area contributed by atoms with Crippen LogP contribution < -0.4 is 0 Å². The summed E-state index contributed by atoms with van der Waals surface area (Å²) in [6, 6.07) is 21.2. The van der Waals surface area contributed by atoms with E-state index < -0.39 is 12.1 Å². The number of nitrogens with one attached hydrogen (secondary N) is 1. The Balaban J connectivity index is 1.83. The second-order valence-corrected chi connectivity index (χ2v) is 8.22. The van der Waals surface area contributed by atoms with E-state index in [1.54, 1.807) is 12.1 Å². The number of hydrogen-bond donors (Lipinski definition) is 2. The third kappa shape index (κ3) is 4.57. The van der Waals surface area contributed by atoms with Crippen LogP contribution in [0.4, 0.5) is 0 Å². The van der Waals surface area contributed by atoms with E-state index in [0.717, 1.165) is 47.0 Å². The van der Waals surface area contributed by atoms with Crippen LogP contribution in [0.15, 0.2) is 60.7 Å². The molecule has 4 rings (SSSR count). The summed E-state index contributed by atoms with van der Waals surface area (Å²) in [4.78, 5) is 20.2. The molecule has 34 heavy (non-hydrogen) atoms. The molecule has 0 aliphatic heterocycles. The summed E-state index contributed by atoms with van der Waals surface area (Å²) in [6.07, 6.45) is 1.92. The number of aliphatic hydroxyl groups excluding tert-OH is 1. The average molecular weight is 454 g/mol. The minimum Gasteiger partial charge on any atom is -0.465 e. The highest BCUT2D eigenvalue weighted by atomic mass is 16.5. The van der Waals surface area contributed by atoms with Gasteiger partial charge in [-0.1, -0.05) is 61.9 Å². The Morgan fingerprint density at radius 3 is 2.65 bits per heavy atom. The number of methoxy groups -OCH3 is 1. The number of carbonyl (C=O) groups excluding carboxylic acids is 1. The van der Waals surface area contributed by atoms with Gasteiger partial charge >= 0.3 is 5.97 Å². The summed E-state index contributed by atoms with van der Waals surface area (Å²) in [5, 5.41) is 20.4. The van der Waals surface area contributed by atoms with Crippen molar-refractivity contribution in [2.45, 2.75) is 38.7 Å². The van der Waals surface area contributed by atoms with E-state index in [-0.39, 0.29) is 0 Å². The first-order valence-corrected chi connectivity index (χ1v) is 11.4. The van der Waals surface area contributed by atoms with Gasteiger partial charge in [-0.05, 0) is 47.2 Å². The highest BCUT2D eigenvalue weighted by Gasteiger charge is 2.22. The number of hydrogen-bond acceptors (Lipinski definition) is 5. The van der Waals surface area contributed by atoms with Gasteiger partial charge in [0.25, 0.3) is 0 Å². The molecule has 1 heterocycles. The zero-order valence-corrected chi connectivity index (χ0v) is 19.3. The lowest BCUT2D eigenvalue weighted by atomic mass is 9.86. The van der Waals surface area contributed by atoms with Gasteiger partial charge in [0.05, 0.1) is 24.3 Å². The van der Waals surface area contributed by atoms with E-state index >= 15 is 0 Å². The zero-order valence-electron chi connectivity index (χ0n) is 19.3. The second kappa shape index (κ2) is 10.3. The van der Waals surface area contributed by atoms with Crippen LogP contribution in [-0.4, -0.2) is 28.2 Å². The quantitative estimate of drug-likeness (QED) is 0.271. The number of rotatable bonds is 8. The molecule has 0 saturated heterocycles. The van der Waals surface area contributed by atoms with Gasteiger partial charge in [-0.25, -0.2) is 9.78 Å². The second-order valence-electron chi connectivity index (χ2n) is 8.22. The molecule has 1 atom stereocenters. The summed E-state index contributed by atoms with van der Waals surface area (Å²) in [6.45, 7) is 2.12. The summed E-state index contributed by atoms with van der Waals surface area (Å²) >= 11 is 0. The van der Waals surface area contributed by atoms with E-state index in [0.29, 0.717) is 28.9 Å². The van der Waals surface area contributed by atoms with Gasteiger partial charge < -0.3 is 14.8 Å². The standard InChI is InChI=1S/C28H27N3O3/c1-3-4-11-20-19(14-15-21(26(20)24(32)17-29)18-9-6-5-7-10-18)16-25-30-23-13-8-12-22(27(23)31-25)28(33)34-2/h5-10,12-15,24,32H,3-4,11,16H2,1-2H3,(H,30,31). The maximum absolute atomic E-state index is 12.2. The Hall–Kier alpha value is -3.95. The highest BCUT2D eigenvalue weighted by molar-refractivity contribution is 6.01. The number of nitriles is 1. The van der Waals surface area contributed by atoms with E-state index in [4.69, 9.17) is 4.74 Å². The molecular formula is C28H27N3O3. The van der Waals surface area contributed by atoms with Crippen molar-refractivity contribution in [1.82, 2.24) is 9.97 Å². The van der Waals surface area contributed by atoms with Crippen molar-refractivity contribution in [3.8, 4) is 17.2 Å². The van der Waals surface area contributed by atoms with Crippen LogP contribution in [0, 0.1) is 11.3 Å². The van der Waals surface area contributed by atoms with Crippen LogP contribution in [0.3, 0.4) is 0 Å². The number of esters is 1. The number of unbranched alkanes of at least 4 members (excludes halogenated alkanes) is 1. The van der Waals surface area contributed by atoms with Gasteiger partial charge in [-0.2, -0.15) is 5.26 Å². The van der Waals surface area contributed by atoms with Gasteiger partial charge in [-0.3, -0.25) is 0 Å². The van der Waals surface area contributed by atoms with Gasteiger partial charge in [0.2, 0.25) is 0 Å². The molecule has 0 aliphatic carbocycles. The maximum atomic E-state index is 12.2. The Bertz CT molecular complexity index is 1350. The van der Waals surface area contributed by atoms with E-state index in [1.165, 1.54) is 7.11 Å². The Morgan fingerprint density at radius 1 is 1.15 bits per heavy atom. The molecule has 4 aromatic rings. The van der Waals surface area contributed by atoms with Crippen molar-refractivity contribution in [3.63, 3.8) is 0 Å². The largest absolute Gasteiger partial charge is 0.465 e. The highest BCUT2D eigenvalue weighted by Crippen LogP contribution is 2.35. The van der Waals surface area contributed by atoms with Gasteiger partial charge in [0.15, 0.2) is 6.10 Å². The normalized spacial score (nSPS) is 11.8. The fraction of sp³-hybridized carbons (Fsp3) is 0.250. The fourth-order valence-electron chi connectivity index (χ4n) is 4.39. The molecule has 6 heteroatoms. The van der Waals surface area contributed by atoms with Crippen molar-refractivity contribution in [1.29, 1.82) is 5.26 Å². The van der Waals surface area contributed by atoms with Crippen LogP contribution >= 0.6 is 0 Å². The maximum Gasteiger partial charge on any atom is 0.340 e. The molecular weight excluding hydrogens is 426 g/mol. The number of aromatic amines is 1. The number of nitrogens with zero attached hydrogens (tertiary/aromatic N) is 2. The van der Waals surface area contributed by atoms with Crippen LogP contribution in [0.25, 0.3) is 22.2 Å². The minimum absolute atomic E-state index is 0.411. The first-order valence-electron chi connectivity index (χ1n) is 11.4. The SMILES string of the molecule is CCCCc1c(Cc2nc3c(C(=O)OC)cccc3[nH]2)ccc(-c2ccccc2)c1C(O)C#N. The minimum atomic E-state index is -1.23. The Kier molecular flexibility index (Phi) is 7.05. The Morgan fingerprint density at radius 2 is 1.94 bits per heavy atom. The molecule has 172 valence electrons. The molecule has 6 nitrogen and oxygen atoms in total. The molecule has 0 fully saturated rings. The fourth-order valence-corrected chi connectivity index (χ4v) is 4.39. The van der Waals surface area contributed by atoms with Crippen molar-refractivity contribution in [3.05, 3.63) is 88.7 Å². The molecule has 0 saturated carbocycles. The van der Waals surface area contributed by atoms with Gasteiger partial charge in [-0.15, -0.1) is 0 Å². The third-order valence-corrected chi connectivity index (χ3v) is 6.04. The Labute approximate surface area is 198 Å². The lowest BCUT2D eigenvalue weighted by molar-refractivity contribution is 0.0603. The molecule has 0 radical (unpaired) electrons. The number of imidazole rings is 1. The van der Waals surface area contributed by atoms with Crippen molar-refractivity contribution >= 4 is 17.0 Å². The van der Waals surface area contributed by atoms with Crippen LogP contribution in [0.5, 0.6) is 0 Å². The van der Waals surface area contributed by atoms with E-state index in [2.05, 4.69) is 23.0 Å². The monoisotopic (exact) mass is 453 g/mol. The molecule has 1 aromatic heterocycles. The van der Waals surface area contributed by atoms with Crippen molar-refractivity contribution in [2.75, 3.05) is 7.11 Å². The zero-order chi connectivity index (χ0) is 24.1. The molecule has 0 spiro atoms. The van der Waals surface area contributed by atoms with Crippen molar-refractivity contribution < 1.29 is 14.6 Å². The van der Waals surface area contributed by atoms with Gasteiger partial charge in [0, 0.05) is 12.0 Å². The lowest BCUT2D eigenvalue weighted by Crippen LogP contribution is -2.08. The van der Waals surface area contributed by atoms with Gasteiger partial charge in [0.1, 0.15) is 11.3 Å². The van der Waals surface area contributed by atoms with Crippen LogP contribution in [-0.2, 0) is 17.6 Å². The van der Waals surface area contributed by atoms with Crippen molar-refractivity contribution in [2.24, 2.45) is 0 Å². The number of carbonyl (C=O) groups is 1. The number of fused-ring (bicyclic) bond motifs is 1. The predicted molar refractivity (Wildman–Crippen MR) is 131 cm³/mol. The van der Waals surface area contributed by atoms with Crippen LogP contribution in [0.1, 0.15) is 58.7 Å². The summed E-state index contributed by atoms with van der Waals surface area (Å²) in [5.74, 6) is 0.271. The molecule has 0 aliphatic rings. The number of aliphatic hydroxyl groups is 1. The predicted octanol–water partition coefficient (Wildman–Crippen LogP) is 5.51. The summed E-state index contributed by atoms with van der Waals surface area (Å²) in [5.41, 5.74) is 6.19. The topological polar surface area (TPSA) is 99.0 Å².